The van der Waals surface area contributed by atoms with Gasteiger partial charge in [-0.1, -0.05) is 24.4 Å². The second kappa shape index (κ2) is 5.36. The molecule has 5 nitrogen and oxygen atoms in total. The molecular weight excluding hydrogens is 335 g/mol. The summed E-state index contributed by atoms with van der Waals surface area (Å²) in [7, 11) is -1.55. The lowest BCUT2D eigenvalue weighted by atomic mass is 10.2. The second-order valence-corrected chi connectivity index (χ2v) is 6.38. The smallest absolute Gasteiger partial charge is 0.176 e. The molecular formula is C12H8ClFN4OS2. The summed E-state index contributed by atoms with van der Waals surface area (Å²) < 4.78 is 26.5. The van der Waals surface area contributed by atoms with E-state index in [9.17, 15) is 8.60 Å². The largest absolute Gasteiger partial charge is 0.277 e. The second-order valence-electron chi connectivity index (χ2n) is 4.21. The van der Waals surface area contributed by atoms with Crippen molar-refractivity contribution in [3.63, 3.8) is 0 Å². The molecule has 108 valence electrons. The molecule has 0 bridgehead atoms. The first-order valence-corrected chi connectivity index (χ1v) is 8.03. The molecule has 0 saturated heterocycles. The first-order valence-electron chi connectivity index (χ1n) is 5.69. The van der Waals surface area contributed by atoms with Crippen molar-refractivity contribution in [3.8, 4) is 11.4 Å². The summed E-state index contributed by atoms with van der Waals surface area (Å²) in [5.41, 5.74) is 1.16. The van der Waals surface area contributed by atoms with Crippen LogP contribution < -0.4 is 0 Å². The highest BCUT2D eigenvalue weighted by molar-refractivity contribution is 7.84. The minimum absolute atomic E-state index is 0.143. The van der Waals surface area contributed by atoms with E-state index in [4.69, 9.17) is 11.6 Å². The Morgan fingerprint density at radius 3 is 2.86 bits per heavy atom. The maximum Gasteiger partial charge on any atom is 0.176 e. The van der Waals surface area contributed by atoms with Crippen LogP contribution in [-0.4, -0.2) is 29.4 Å². The number of aromatic nitrogens is 4. The van der Waals surface area contributed by atoms with Gasteiger partial charge in [0.2, 0.25) is 0 Å². The summed E-state index contributed by atoms with van der Waals surface area (Å²) in [5, 5.41) is 0.983. The van der Waals surface area contributed by atoms with Gasteiger partial charge in [-0.3, -0.25) is 8.18 Å². The fourth-order valence-electron chi connectivity index (χ4n) is 1.93. The number of hydrogen-bond acceptors (Lipinski definition) is 5. The predicted octanol–water partition coefficient (Wildman–Crippen LogP) is 2.72. The molecule has 0 amide bonds. The third kappa shape index (κ3) is 2.54. The van der Waals surface area contributed by atoms with E-state index < -0.39 is 16.6 Å². The van der Waals surface area contributed by atoms with Gasteiger partial charge in [0.25, 0.3) is 0 Å². The van der Waals surface area contributed by atoms with Gasteiger partial charge in [0, 0.05) is 29.6 Å². The fourth-order valence-corrected chi connectivity index (χ4v) is 2.90. The first kappa shape index (κ1) is 14.4. The molecule has 1 unspecified atom stereocenters. The monoisotopic (exact) mass is 342 g/mol. The maximum atomic E-state index is 13.5. The first-order chi connectivity index (χ1) is 9.97. The Morgan fingerprint density at radius 2 is 2.14 bits per heavy atom. The molecule has 9 heteroatoms. The number of nitrogens with zero attached hydrogens (tertiary/aromatic N) is 4. The average molecular weight is 343 g/mol. The molecule has 0 radical (unpaired) electrons. The van der Waals surface area contributed by atoms with Gasteiger partial charge in [-0.15, -0.1) is 0 Å². The zero-order valence-electron chi connectivity index (χ0n) is 10.6. The number of pyridine rings is 1. The average Bonchev–Trinajstić information content (AvgIpc) is 2.76. The molecule has 0 N–H and O–H groups in total. The van der Waals surface area contributed by atoms with Crippen molar-refractivity contribution in [1.29, 1.82) is 0 Å². The summed E-state index contributed by atoms with van der Waals surface area (Å²) in [6.07, 6.45) is 5.50. The van der Waals surface area contributed by atoms with Crippen LogP contribution in [0.4, 0.5) is 4.39 Å². The van der Waals surface area contributed by atoms with Crippen LogP contribution >= 0.6 is 24.4 Å². The molecule has 3 rings (SSSR count). The van der Waals surface area contributed by atoms with Gasteiger partial charge in [0.15, 0.2) is 22.3 Å². The molecule has 0 aliphatic heterocycles. The van der Waals surface area contributed by atoms with E-state index in [1.54, 1.807) is 12.3 Å². The highest BCUT2D eigenvalue weighted by atomic mass is 35.5. The van der Waals surface area contributed by atoms with Crippen molar-refractivity contribution in [2.24, 2.45) is 0 Å². The predicted molar refractivity (Wildman–Crippen MR) is 82.4 cm³/mol. The zero-order chi connectivity index (χ0) is 15.1. The van der Waals surface area contributed by atoms with Gasteiger partial charge < -0.3 is 0 Å². The van der Waals surface area contributed by atoms with Gasteiger partial charge in [-0.25, -0.2) is 19.3 Å². The third-order valence-electron chi connectivity index (χ3n) is 2.82. The van der Waals surface area contributed by atoms with E-state index in [2.05, 4.69) is 27.8 Å². The van der Waals surface area contributed by atoms with E-state index >= 15 is 0 Å². The standard InChI is InChI=1S/C12H8ClFN4OS2/c1-21(19)12-9(14)4-15-10(17-12)8-5-18(20)11-7(8)2-6(13)3-16-11/h2-5,20H,1H3. The van der Waals surface area contributed by atoms with Crippen LogP contribution in [0.5, 0.6) is 0 Å². The van der Waals surface area contributed by atoms with Gasteiger partial charge in [0.1, 0.15) is 0 Å². The lowest BCUT2D eigenvalue weighted by molar-refractivity contribution is 0.573. The Hall–Kier alpha value is -1.51. The molecule has 0 fully saturated rings. The fraction of sp³-hybridized carbons (Fsp3) is 0.0833. The molecule has 3 aromatic rings. The Bertz CT molecular complexity index is 883. The van der Waals surface area contributed by atoms with Crippen molar-refractivity contribution in [2.45, 2.75) is 5.03 Å². The van der Waals surface area contributed by atoms with E-state index in [1.165, 1.54) is 16.4 Å². The number of thiol groups is 1. The summed E-state index contributed by atoms with van der Waals surface area (Å²) in [6.45, 7) is 0. The molecule has 3 heterocycles. The van der Waals surface area contributed by atoms with Crippen LogP contribution in [0.15, 0.2) is 29.7 Å². The molecule has 3 aromatic heterocycles. The topological polar surface area (TPSA) is 60.7 Å². The van der Waals surface area contributed by atoms with Crippen molar-refractivity contribution < 1.29 is 8.60 Å². The van der Waals surface area contributed by atoms with E-state index in [0.717, 1.165) is 6.20 Å². The number of hydrogen-bond donors (Lipinski definition) is 1. The Balaban J connectivity index is 2.28. The Morgan fingerprint density at radius 1 is 1.38 bits per heavy atom. The van der Waals surface area contributed by atoms with Crippen LogP contribution in [0.3, 0.4) is 0 Å². The van der Waals surface area contributed by atoms with E-state index in [-0.39, 0.29) is 10.9 Å². The quantitative estimate of drug-likeness (QED) is 0.574. The summed E-state index contributed by atoms with van der Waals surface area (Å²) in [6, 6.07) is 1.70. The summed E-state index contributed by atoms with van der Waals surface area (Å²) in [4.78, 5) is 12.1. The van der Waals surface area contributed by atoms with Crippen molar-refractivity contribution >= 4 is 46.2 Å². The maximum absolute atomic E-state index is 13.5. The van der Waals surface area contributed by atoms with Crippen molar-refractivity contribution in [2.75, 3.05) is 6.26 Å². The number of fused-ring (bicyclic) bond motifs is 1. The van der Waals surface area contributed by atoms with E-state index in [1.807, 2.05) is 0 Å². The zero-order valence-corrected chi connectivity index (χ0v) is 13.1. The SMILES string of the molecule is CS(=O)c1nc(-c2cn(S)c3ncc(Cl)cc23)ncc1F. The van der Waals surface area contributed by atoms with Crippen LogP contribution in [0.2, 0.25) is 5.02 Å². The van der Waals surface area contributed by atoms with Crippen molar-refractivity contribution in [3.05, 3.63) is 35.5 Å². The number of rotatable bonds is 2. The van der Waals surface area contributed by atoms with Crippen LogP contribution in [0.25, 0.3) is 22.4 Å². The lowest BCUT2D eigenvalue weighted by Crippen LogP contribution is -2.00. The van der Waals surface area contributed by atoms with Gasteiger partial charge in [0.05, 0.1) is 22.0 Å². The van der Waals surface area contributed by atoms with E-state index in [0.29, 0.717) is 21.6 Å². The minimum Gasteiger partial charge on any atom is -0.277 e. The molecule has 0 saturated carbocycles. The third-order valence-corrected chi connectivity index (χ3v) is 4.16. The molecule has 1 atom stereocenters. The molecule has 0 aliphatic carbocycles. The lowest BCUT2D eigenvalue weighted by Gasteiger charge is -2.02. The van der Waals surface area contributed by atoms with Gasteiger partial charge in [-0.2, -0.15) is 0 Å². The molecule has 0 aromatic carbocycles. The van der Waals surface area contributed by atoms with Crippen LogP contribution in [0, 0.1) is 5.82 Å². The molecule has 0 aliphatic rings. The minimum atomic E-state index is -1.55. The molecule has 0 spiro atoms. The van der Waals surface area contributed by atoms with Crippen molar-refractivity contribution in [1.82, 2.24) is 18.9 Å². The molecule has 21 heavy (non-hydrogen) atoms. The highest BCUT2D eigenvalue weighted by Gasteiger charge is 2.16. The van der Waals surface area contributed by atoms with Crippen LogP contribution in [-0.2, 0) is 10.8 Å². The Labute approximate surface area is 132 Å². The normalized spacial score (nSPS) is 12.8. The summed E-state index contributed by atoms with van der Waals surface area (Å²) in [5.74, 6) is -0.464. The highest BCUT2D eigenvalue weighted by Crippen LogP contribution is 2.30. The van der Waals surface area contributed by atoms with Gasteiger partial charge in [-0.05, 0) is 6.07 Å². The summed E-state index contributed by atoms with van der Waals surface area (Å²) >= 11 is 10.2. The van der Waals surface area contributed by atoms with Gasteiger partial charge >= 0.3 is 0 Å². The Kier molecular flexibility index (Phi) is 3.68. The number of halogens is 2. The van der Waals surface area contributed by atoms with Crippen LogP contribution in [0.1, 0.15) is 0 Å².